The Morgan fingerprint density at radius 2 is 2.15 bits per heavy atom. The minimum atomic E-state index is -0.0984. The van der Waals surface area contributed by atoms with Crippen LogP contribution in [0.4, 0.5) is 5.69 Å². The van der Waals surface area contributed by atoms with Crippen LogP contribution in [0.5, 0.6) is 5.75 Å². The molecule has 0 saturated heterocycles. The molecule has 2 aliphatic rings. The molecule has 0 spiro atoms. The number of benzene rings is 1. The normalized spacial score (nSPS) is 17.4. The van der Waals surface area contributed by atoms with Crippen molar-refractivity contribution in [1.29, 1.82) is 0 Å². The van der Waals surface area contributed by atoms with E-state index < -0.39 is 0 Å². The van der Waals surface area contributed by atoms with Crippen molar-refractivity contribution in [3.8, 4) is 5.75 Å². The predicted molar refractivity (Wildman–Crippen MR) is 74.6 cm³/mol. The van der Waals surface area contributed by atoms with Crippen LogP contribution in [0.3, 0.4) is 0 Å². The number of fused-ring (bicyclic) bond motifs is 1. The molecule has 0 radical (unpaired) electrons. The molecule has 0 aromatic heterocycles. The maximum Gasteiger partial charge on any atom is 0.265 e. The Bertz CT molecular complexity index is 526. The molecule has 1 aliphatic carbocycles. The van der Waals surface area contributed by atoms with Crippen LogP contribution in [0.25, 0.3) is 0 Å². The van der Waals surface area contributed by atoms with Gasteiger partial charge in [0.1, 0.15) is 5.75 Å². The van der Waals surface area contributed by atoms with E-state index in [4.69, 9.17) is 4.74 Å². The molecule has 1 fully saturated rings. The first-order valence-corrected chi connectivity index (χ1v) is 7.03. The number of amides is 2. The van der Waals surface area contributed by atoms with Gasteiger partial charge in [0.25, 0.3) is 5.91 Å². The minimum absolute atomic E-state index is 0.00803. The molecule has 1 N–H and O–H groups in total. The Labute approximate surface area is 117 Å². The van der Waals surface area contributed by atoms with E-state index in [1.165, 1.54) is 12.8 Å². The summed E-state index contributed by atoms with van der Waals surface area (Å²) in [5.74, 6) is 1.28. The molecule has 1 aliphatic heterocycles. The number of hydrogen-bond acceptors (Lipinski definition) is 3. The van der Waals surface area contributed by atoms with E-state index >= 15 is 0 Å². The maximum absolute atomic E-state index is 11.9. The van der Waals surface area contributed by atoms with Crippen molar-refractivity contribution in [2.24, 2.45) is 5.92 Å². The molecule has 20 heavy (non-hydrogen) atoms. The zero-order valence-electron chi connectivity index (χ0n) is 11.3. The topological polar surface area (TPSA) is 58.6 Å². The van der Waals surface area contributed by atoms with Gasteiger partial charge < -0.3 is 15.0 Å². The predicted octanol–water partition coefficient (Wildman–Crippen LogP) is 1.33. The average Bonchev–Trinajstić information content (AvgIpc) is 3.28. The van der Waals surface area contributed by atoms with Gasteiger partial charge in [-0.25, -0.2) is 0 Å². The molecule has 3 rings (SSSR count). The Morgan fingerprint density at radius 3 is 2.95 bits per heavy atom. The summed E-state index contributed by atoms with van der Waals surface area (Å²) < 4.78 is 5.37. The van der Waals surface area contributed by atoms with Gasteiger partial charge in [-0.15, -0.1) is 0 Å². The second kappa shape index (κ2) is 5.53. The summed E-state index contributed by atoms with van der Waals surface area (Å²) in [5.41, 5.74) is 0.749. The van der Waals surface area contributed by atoms with E-state index in [-0.39, 0.29) is 18.4 Å². The summed E-state index contributed by atoms with van der Waals surface area (Å²) in [6, 6.07) is 7.41. The quantitative estimate of drug-likeness (QED) is 0.881. The Balaban J connectivity index is 1.58. The third-order valence-electron chi connectivity index (χ3n) is 3.66. The number of nitrogens with zero attached hydrogens (tertiary/aromatic N) is 1. The first-order valence-electron chi connectivity index (χ1n) is 7.03. The van der Waals surface area contributed by atoms with E-state index in [2.05, 4.69) is 5.32 Å². The van der Waals surface area contributed by atoms with Gasteiger partial charge in [0.2, 0.25) is 5.91 Å². The van der Waals surface area contributed by atoms with Crippen LogP contribution in [0.1, 0.15) is 19.3 Å². The number of nitrogens with one attached hydrogen (secondary N) is 1. The van der Waals surface area contributed by atoms with Crippen molar-refractivity contribution in [3.63, 3.8) is 0 Å². The smallest absolute Gasteiger partial charge is 0.265 e. The molecule has 1 heterocycles. The summed E-state index contributed by atoms with van der Waals surface area (Å²) in [5, 5.41) is 2.91. The number of rotatable bonds is 5. The lowest BCUT2D eigenvalue weighted by molar-refractivity contribution is -0.122. The monoisotopic (exact) mass is 274 g/mol. The van der Waals surface area contributed by atoms with Crippen LogP contribution >= 0.6 is 0 Å². The standard InChI is InChI=1S/C15H18N2O3/c18-14(16-9-11-5-6-11)7-8-17-12-3-1-2-4-13(12)20-10-15(17)19/h1-4,11H,5-10H2,(H,16,18). The van der Waals surface area contributed by atoms with Crippen LogP contribution in [-0.4, -0.2) is 31.5 Å². The lowest BCUT2D eigenvalue weighted by atomic mass is 10.2. The Kier molecular flexibility index (Phi) is 3.58. The number of carbonyl (C=O) groups is 2. The number of anilines is 1. The number of carbonyl (C=O) groups excluding carboxylic acids is 2. The lowest BCUT2D eigenvalue weighted by Gasteiger charge is -2.29. The van der Waals surface area contributed by atoms with Crippen molar-refractivity contribution < 1.29 is 14.3 Å². The summed E-state index contributed by atoms with van der Waals surface area (Å²) >= 11 is 0. The highest BCUT2D eigenvalue weighted by Gasteiger charge is 2.26. The molecular weight excluding hydrogens is 256 g/mol. The van der Waals surface area contributed by atoms with Gasteiger partial charge in [-0.2, -0.15) is 0 Å². The highest BCUT2D eigenvalue weighted by molar-refractivity contribution is 5.98. The fourth-order valence-electron chi connectivity index (χ4n) is 2.28. The molecule has 1 saturated carbocycles. The van der Waals surface area contributed by atoms with Crippen LogP contribution < -0.4 is 15.0 Å². The van der Waals surface area contributed by atoms with E-state index in [0.717, 1.165) is 12.2 Å². The van der Waals surface area contributed by atoms with Crippen molar-refractivity contribution in [2.45, 2.75) is 19.3 Å². The highest BCUT2D eigenvalue weighted by atomic mass is 16.5. The first kappa shape index (κ1) is 13.0. The molecule has 0 bridgehead atoms. The Hall–Kier alpha value is -2.04. The van der Waals surface area contributed by atoms with E-state index in [1.54, 1.807) is 4.90 Å². The van der Waals surface area contributed by atoms with Gasteiger partial charge in [0.05, 0.1) is 5.69 Å². The average molecular weight is 274 g/mol. The molecule has 2 amide bonds. The van der Waals surface area contributed by atoms with Crippen molar-refractivity contribution in [3.05, 3.63) is 24.3 Å². The summed E-state index contributed by atoms with van der Waals surface area (Å²) in [4.78, 5) is 25.3. The molecule has 1 aromatic rings. The van der Waals surface area contributed by atoms with Gasteiger partial charge in [0, 0.05) is 19.5 Å². The zero-order valence-corrected chi connectivity index (χ0v) is 11.3. The van der Waals surface area contributed by atoms with Gasteiger partial charge in [0.15, 0.2) is 6.61 Å². The van der Waals surface area contributed by atoms with Crippen molar-refractivity contribution in [1.82, 2.24) is 5.32 Å². The summed E-state index contributed by atoms with van der Waals surface area (Å²) in [7, 11) is 0. The molecule has 0 atom stereocenters. The van der Waals surface area contributed by atoms with Gasteiger partial charge >= 0.3 is 0 Å². The van der Waals surface area contributed by atoms with Gasteiger partial charge in [-0.1, -0.05) is 12.1 Å². The van der Waals surface area contributed by atoms with Crippen molar-refractivity contribution >= 4 is 17.5 Å². The molecule has 0 unspecified atom stereocenters. The minimum Gasteiger partial charge on any atom is -0.482 e. The zero-order chi connectivity index (χ0) is 13.9. The number of ether oxygens (including phenoxy) is 1. The molecule has 5 heteroatoms. The van der Waals surface area contributed by atoms with E-state index in [1.807, 2.05) is 24.3 Å². The SMILES string of the molecule is O=C(CCN1C(=O)COc2ccccc21)NCC1CC1. The highest BCUT2D eigenvalue weighted by Crippen LogP contribution is 2.31. The largest absolute Gasteiger partial charge is 0.482 e. The molecular formula is C15H18N2O3. The fourth-order valence-corrected chi connectivity index (χ4v) is 2.28. The van der Waals surface area contributed by atoms with Crippen LogP contribution in [-0.2, 0) is 9.59 Å². The lowest BCUT2D eigenvalue weighted by Crippen LogP contribution is -2.41. The van der Waals surface area contributed by atoms with Crippen LogP contribution in [0, 0.1) is 5.92 Å². The first-order chi connectivity index (χ1) is 9.74. The molecule has 5 nitrogen and oxygen atoms in total. The van der Waals surface area contributed by atoms with Crippen LogP contribution in [0.2, 0.25) is 0 Å². The second-order valence-corrected chi connectivity index (χ2v) is 5.30. The van der Waals surface area contributed by atoms with Gasteiger partial charge in [-0.3, -0.25) is 9.59 Å². The van der Waals surface area contributed by atoms with Crippen molar-refractivity contribution in [2.75, 3.05) is 24.6 Å². The number of para-hydroxylation sites is 2. The second-order valence-electron chi connectivity index (χ2n) is 5.30. The third-order valence-corrected chi connectivity index (χ3v) is 3.66. The molecule has 1 aromatic carbocycles. The molecule has 106 valence electrons. The maximum atomic E-state index is 11.9. The summed E-state index contributed by atoms with van der Waals surface area (Å²) in [6.07, 6.45) is 2.76. The Morgan fingerprint density at radius 1 is 1.35 bits per heavy atom. The number of hydrogen-bond donors (Lipinski definition) is 1. The summed E-state index contributed by atoms with van der Waals surface area (Å²) in [6.45, 7) is 1.21. The van der Waals surface area contributed by atoms with Gasteiger partial charge in [-0.05, 0) is 30.9 Å². The van der Waals surface area contributed by atoms with E-state index in [9.17, 15) is 9.59 Å². The van der Waals surface area contributed by atoms with E-state index in [0.29, 0.717) is 24.6 Å². The third kappa shape index (κ3) is 2.92. The fraction of sp³-hybridized carbons (Fsp3) is 0.467. The van der Waals surface area contributed by atoms with Crippen LogP contribution in [0.15, 0.2) is 24.3 Å².